The third-order valence-electron chi connectivity index (χ3n) is 4.12. The first-order valence-electron chi connectivity index (χ1n) is 7.08. The summed E-state index contributed by atoms with van der Waals surface area (Å²) in [4.78, 5) is 2.41. The zero-order valence-electron chi connectivity index (χ0n) is 13.2. The minimum absolute atomic E-state index is 0.156. The quantitative estimate of drug-likeness (QED) is 0.832. The van der Waals surface area contributed by atoms with Gasteiger partial charge in [-0.25, -0.2) is 0 Å². The van der Waals surface area contributed by atoms with Crippen LogP contribution in [0.25, 0.3) is 0 Å². The summed E-state index contributed by atoms with van der Waals surface area (Å²) in [5, 5.41) is 3.08. The van der Waals surface area contributed by atoms with E-state index >= 15 is 0 Å². The highest BCUT2D eigenvalue weighted by atomic mass is 15.2. The van der Waals surface area contributed by atoms with Gasteiger partial charge in [-0.05, 0) is 50.8 Å². The Balaban J connectivity index is 3.01. The molecule has 0 amide bonds. The molecule has 0 unspecified atom stereocenters. The Morgan fingerprint density at radius 1 is 1.26 bits per heavy atom. The molecular weight excluding hydrogens is 232 g/mol. The van der Waals surface area contributed by atoms with Crippen LogP contribution in [0.1, 0.15) is 43.9 Å². The van der Waals surface area contributed by atoms with E-state index in [-0.39, 0.29) is 5.54 Å². The Morgan fingerprint density at radius 2 is 1.95 bits per heavy atom. The fourth-order valence-corrected chi connectivity index (χ4v) is 2.00. The molecular formula is C17H28N2. The second kappa shape index (κ2) is 6.65. The summed E-state index contributed by atoms with van der Waals surface area (Å²) in [5.74, 6) is 0. The number of nitrogens with one attached hydrogen (secondary N) is 1. The van der Waals surface area contributed by atoms with Crippen molar-refractivity contribution < 1.29 is 0 Å². The molecule has 1 rings (SSSR count). The van der Waals surface area contributed by atoms with Gasteiger partial charge in [0.2, 0.25) is 0 Å². The van der Waals surface area contributed by atoms with Gasteiger partial charge in [-0.15, -0.1) is 0 Å². The molecule has 0 aliphatic rings. The molecule has 0 atom stereocenters. The second-order valence-corrected chi connectivity index (χ2v) is 5.76. The summed E-state index contributed by atoms with van der Waals surface area (Å²) in [6.07, 6.45) is 5.28. The van der Waals surface area contributed by atoms with Crippen molar-refractivity contribution in [2.24, 2.45) is 0 Å². The molecule has 2 heteroatoms. The molecule has 0 spiro atoms. The molecule has 106 valence electrons. The van der Waals surface area contributed by atoms with Gasteiger partial charge in [0.1, 0.15) is 0 Å². The first-order valence-corrected chi connectivity index (χ1v) is 7.08. The lowest BCUT2D eigenvalue weighted by atomic mass is 9.97. The van der Waals surface area contributed by atoms with E-state index in [4.69, 9.17) is 0 Å². The normalized spacial score (nSPS) is 11.9. The zero-order chi connectivity index (χ0) is 14.5. The molecule has 0 saturated carbocycles. The fraction of sp³-hybridized carbons (Fsp3) is 0.529. The zero-order valence-corrected chi connectivity index (χ0v) is 13.2. The van der Waals surface area contributed by atoms with Crippen LogP contribution in [-0.4, -0.2) is 17.5 Å². The minimum Gasteiger partial charge on any atom is -0.393 e. The van der Waals surface area contributed by atoms with Crippen LogP contribution in [0.3, 0.4) is 0 Å². The van der Waals surface area contributed by atoms with E-state index in [0.29, 0.717) is 0 Å². The summed E-state index contributed by atoms with van der Waals surface area (Å²) in [7, 11) is 1.94. The summed E-state index contributed by atoms with van der Waals surface area (Å²) in [6.45, 7) is 12.2. The third-order valence-corrected chi connectivity index (χ3v) is 4.12. The van der Waals surface area contributed by atoms with E-state index < -0.39 is 0 Å². The van der Waals surface area contributed by atoms with Gasteiger partial charge in [-0.3, -0.25) is 0 Å². The first kappa shape index (κ1) is 15.6. The van der Waals surface area contributed by atoms with E-state index in [1.165, 1.54) is 16.7 Å². The number of nitrogens with zero attached hydrogens (tertiary/aromatic N) is 1. The van der Waals surface area contributed by atoms with E-state index in [9.17, 15) is 0 Å². The molecule has 0 aliphatic carbocycles. The number of rotatable bonds is 6. The van der Waals surface area contributed by atoms with Crippen LogP contribution in [0.5, 0.6) is 0 Å². The second-order valence-electron chi connectivity index (χ2n) is 5.76. The molecule has 0 saturated heterocycles. The van der Waals surface area contributed by atoms with Crippen molar-refractivity contribution in [1.82, 2.24) is 10.2 Å². The Bertz CT molecular complexity index is 433. The maximum Gasteiger partial charge on any atom is 0.0432 e. The Kier molecular flexibility index (Phi) is 5.46. The van der Waals surface area contributed by atoms with Crippen LogP contribution >= 0.6 is 0 Å². The lowest BCUT2D eigenvalue weighted by molar-refractivity contribution is 0.170. The number of benzene rings is 1. The van der Waals surface area contributed by atoms with Crippen molar-refractivity contribution in [1.29, 1.82) is 0 Å². The summed E-state index contributed by atoms with van der Waals surface area (Å²) >= 11 is 0. The van der Waals surface area contributed by atoms with Gasteiger partial charge < -0.3 is 10.2 Å². The SMILES string of the molecule is CCC(C)(C)N(/C=C\NC)Cc1cccc(C)c1C. The lowest BCUT2D eigenvalue weighted by Crippen LogP contribution is -2.39. The van der Waals surface area contributed by atoms with E-state index in [2.05, 4.69) is 69.2 Å². The standard InChI is InChI=1S/C17H28N2/c1-7-17(4,5)19(12-11-18-6)13-16-10-8-9-14(2)15(16)3/h8-12,18H,7,13H2,1-6H3/b12-11-. The van der Waals surface area contributed by atoms with Crippen molar-refractivity contribution in [2.75, 3.05) is 7.05 Å². The van der Waals surface area contributed by atoms with Crippen molar-refractivity contribution in [3.63, 3.8) is 0 Å². The number of hydrogen-bond donors (Lipinski definition) is 1. The molecule has 0 aliphatic heterocycles. The topological polar surface area (TPSA) is 15.3 Å². The van der Waals surface area contributed by atoms with Crippen molar-refractivity contribution in [2.45, 2.75) is 53.1 Å². The molecule has 0 aromatic heterocycles. The van der Waals surface area contributed by atoms with Gasteiger partial charge in [0, 0.05) is 31.5 Å². The predicted octanol–water partition coefficient (Wildman–Crippen LogP) is 3.98. The van der Waals surface area contributed by atoms with Crippen LogP contribution in [0, 0.1) is 13.8 Å². The molecule has 0 fully saturated rings. The highest BCUT2D eigenvalue weighted by Crippen LogP contribution is 2.23. The molecule has 2 nitrogen and oxygen atoms in total. The van der Waals surface area contributed by atoms with Crippen LogP contribution < -0.4 is 5.32 Å². The first-order chi connectivity index (χ1) is 8.92. The molecule has 0 heterocycles. The van der Waals surface area contributed by atoms with E-state index in [1.807, 2.05) is 13.2 Å². The van der Waals surface area contributed by atoms with Gasteiger partial charge in [-0.2, -0.15) is 0 Å². The molecule has 0 radical (unpaired) electrons. The Hall–Kier alpha value is -1.44. The monoisotopic (exact) mass is 260 g/mol. The molecule has 1 aromatic carbocycles. The number of aryl methyl sites for hydroxylation is 1. The van der Waals surface area contributed by atoms with Gasteiger partial charge in [0.15, 0.2) is 0 Å². The minimum atomic E-state index is 0.156. The van der Waals surface area contributed by atoms with Crippen molar-refractivity contribution >= 4 is 0 Å². The van der Waals surface area contributed by atoms with Crippen molar-refractivity contribution in [3.8, 4) is 0 Å². The summed E-state index contributed by atoms with van der Waals surface area (Å²) < 4.78 is 0. The van der Waals surface area contributed by atoms with Crippen LogP contribution in [0.15, 0.2) is 30.6 Å². The fourth-order valence-electron chi connectivity index (χ4n) is 2.00. The van der Waals surface area contributed by atoms with Crippen molar-refractivity contribution in [3.05, 3.63) is 47.3 Å². The number of hydrogen-bond acceptors (Lipinski definition) is 2. The summed E-state index contributed by atoms with van der Waals surface area (Å²) in [5.41, 5.74) is 4.33. The molecule has 19 heavy (non-hydrogen) atoms. The van der Waals surface area contributed by atoms with Crippen LogP contribution in [-0.2, 0) is 6.54 Å². The highest BCUT2D eigenvalue weighted by molar-refractivity contribution is 5.33. The highest BCUT2D eigenvalue weighted by Gasteiger charge is 2.22. The largest absolute Gasteiger partial charge is 0.393 e. The van der Waals surface area contributed by atoms with Crippen LogP contribution in [0.2, 0.25) is 0 Å². The smallest absolute Gasteiger partial charge is 0.0432 e. The summed E-state index contributed by atoms with van der Waals surface area (Å²) in [6, 6.07) is 6.56. The average Bonchev–Trinajstić information content (AvgIpc) is 2.39. The lowest BCUT2D eigenvalue weighted by Gasteiger charge is -2.38. The predicted molar refractivity (Wildman–Crippen MR) is 84.0 cm³/mol. The van der Waals surface area contributed by atoms with Gasteiger partial charge >= 0.3 is 0 Å². The maximum atomic E-state index is 3.08. The third kappa shape index (κ3) is 4.02. The average molecular weight is 260 g/mol. The van der Waals surface area contributed by atoms with Gasteiger partial charge in [-0.1, -0.05) is 25.1 Å². The Labute approximate surface area is 118 Å². The van der Waals surface area contributed by atoms with Crippen LogP contribution in [0.4, 0.5) is 0 Å². The van der Waals surface area contributed by atoms with Gasteiger partial charge in [0.25, 0.3) is 0 Å². The molecule has 1 N–H and O–H groups in total. The van der Waals surface area contributed by atoms with Gasteiger partial charge in [0.05, 0.1) is 0 Å². The Morgan fingerprint density at radius 3 is 2.53 bits per heavy atom. The maximum absolute atomic E-state index is 3.08. The van der Waals surface area contributed by atoms with E-state index in [1.54, 1.807) is 0 Å². The van der Waals surface area contributed by atoms with E-state index in [0.717, 1.165) is 13.0 Å². The molecule has 0 bridgehead atoms. The molecule has 1 aromatic rings.